The molecular formula is C22H23ClN4O3. The molecule has 0 bridgehead atoms. The number of hydrogen-bond acceptors (Lipinski definition) is 6. The molecular weight excluding hydrogens is 404 g/mol. The molecule has 0 aliphatic carbocycles. The summed E-state index contributed by atoms with van der Waals surface area (Å²) in [6.45, 7) is 10.8. The molecule has 0 aliphatic heterocycles. The highest BCUT2D eigenvalue weighted by molar-refractivity contribution is 6.31. The molecule has 0 fully saturated rings. The van der Waals surface area contributed by atoms with Crippen LogP contribution in [0.2, 0.25) is 5.15 Å². The Morgan fingerprint density at radius 3 is 2.63 bits per heavy atom. The summed E-state index contributed by atoms with van der Waals surface area (Å²) >= 11 is 6.46. The Kier molecular flexibility index (Phi) is 6.74. The van der Waals surface area contributed by atoms with Gasteiger partial charge in [0.2, 0.25) is 0 Å². The molecule has 0 radical (unpaired) electrons. The summed E-state index contributed by atoms with van der Waals surface area (Å²) in [7, 11) is 1.63. The summed E-state index contributed by atoms with van der Waals surface area (Å²) in [6.07, 6.45) is 4.85. The van der Waals surface area contributed by atoms with E-state index in [9.17, 15) is 4.79 Å². The quantitative estimate of drug-likeness (QED) is 0.287. The van der Waals surface area contributed by atoms with Crippen molar-refractivity contribution in [2.24, 2.45) is 0 Å². The van der Waals surface area contributed by atoms with Crippen LogP contribution in [0.1, 0.15) is 28.4 Å². The lowest BCUT2D eigenvalue weighted by Crippen LogP contribution is -2.26. The van der Waals surface area contributed by atoms with E-state index in [1.807, 2.05) is 29.2 Å². The number of carbonyl (C=O) groups is 1. The van der Waals surface area contributed by atoms with Crippen molar-refractivity contribution in [2.45, 2.75) is 13.5 Å². The molecule has 0 spiro atoms. The number of nitrogens with zero attached hydrogens (tertiary/aromatic N) is 4. The standard InChI is InChI=1S/C22H23ClN4O3/c1-5-12-26(14-15-8-10-16(29-4)11-9-15)21-17(6-2)19(23)25-20-18(13-24-27(20)21)22(28)30-7-3/h5-6,8-11,13H,1-2,7,12,14H2,3-4H3. The lowest BCUT2D eigenvalue weighted by atomic mass is 10.2. The van der Waals surface area contributed by atoms with Crippen molar-refractivity contribution in [1.82, 2.24) is 14.6 Å². The van der Waals surface area contributed by atoms with Crippen LogP contribution in [0, 0.1) is 0 Å². The number of hydrogen-bond donors (Lipinski definition) is 0. The van der Waals surface area contributed by atoms with E-state index in [0.29, 0.717) is 30.1 Å². The van der Waals surface area contributed by atoms with Gasteiger partial charge in [0.1, 0.15) is 22.3 Å². The van der Waals surface area contributed by atoms with Crippen molar-refractivity contribution in [3.63, 3.8) is 0 Å². The van der Waals surface area contributed by atoms with Gasteiger partial charge in [0.05, 0.1) is 25.5 Å². The minimum atomic E-state index is -0.501. The van der Waals surface area contributed by atoms with Gasteiger partial charge in [-0.05, 0) is 24.6 Å². The summed E-state index contributed by atoms with van der Waals surface area (Å²) in [4.78, 5) is 18.7. The molecule has 2 aromatic heterocycles. The van der Waals surface area contributed by atoms with E-state index in [2.05, 4.69) is 23.2 Å². The van der Waals surface area contributed by atoms with E-state index in [0.717, 1.165) is 11.3 Å². The average Bonchev–Trinajstić information content (AvgIpc) is 3.16. The number of fused-ring (bicyclic) bond motifs is 1. The minimum absolute atomic E-state index is 0.224. The van der Waals surface area contributed by atoms with Crippen LogP contribution < -0.4 is 9.64 Å². The van der Waals surface area contributed by atoms with Gasteiger partial charge in [0.15, 0.2) is 5.65 Å². The molecule has 0 unspecified atom stereocenters. The number of carbonyl (C=O) groups excluding carboxylic acids is 1. The van der Waals surface area contributed by atoms with Crippen LogP contribution in [0.3, 0.4) is 0 Å². The lowest BCUT2D eigenvalue weighted by Gasteiger charge is -2.26. The number of esters is 1. The first-order valence-corrected chi connectivity index (χ1v) is 9.77. The van der Waals surface area contributed by atoms with Crippen LogP contribution >= 0.6 is 11.6 Å². The normalized spacial score (nSPS) is 10.6. The molecule has 0 atom stereocenters. The Balaban J connectivity index is 2.14. The van der Waals surface area contributed by atoms with E-state index in [4.69, 9.17) is 21.1 Å². The van der Waals surface area contributed by atoms with Gasteiger partial charge in [-0.2, -0.15) is 9.61 Å². The van der Waals surface area contributed by atoms with Gasteiger partial charge in [-0.15, -0.1) is 6.58 Å². The largest absolute Gasteiger partial charge is 0.497 e. The highest BCUT2D eigenvalue weighted by Crippen LogP contribution is 2.31. The molecule has 0 saturated carbocycles. The van der Waals surface area contributed by atoms with Crippen molar-refractivity contribution in [3.8, 4) is 5.75 Å². The van der Waals surface area contributed by atoms with E-state index >= 15 is 0 Å². The molecule has 7 nitrogen and oxygen atoms in total. The Morgan fingerprint density at radius 2 is 2.03 bits per heavy atom. The second-order valence-corrected chi connectivity index (χ2v) is 6.73. The first kappa shape index (κ1) is 21.4. The zero-order valence-electron chi connectivity index (χ0n) is 17.0. The summed E-state index contributed by atoms with van der Waals surface area (Å²) in [5.41, 5.74) is 2.23. The molecule has 8 heteroatoms. The predicted molar refractivity (Wildman–Crippen MR) is 118 cm³/mol. The molecule has 1 aromatic carbocycles. The van der Waals surface area contributed by atoms with Gasteiger partial charge < -0.3 is 14.4 Å². The number of anilines is 1. The first-order valence-electron chi connectivity index (χ1n) is 9.39. The third-order valence-corrected chi connectivity index (χ3v) is 4.78. The molecule has 2 heterocycles. The highest BCUT2D eigenvalue weighted by atomic mass is 35.5. The van der Waals surface area contributed by atoms with Crippen LogP contribution in [0.4, 0.5) is 5.82 Å². The summed E-state index contributed by atoms with van der Waals surface area (Å²) in [5, 5.41) is 4.62. The number of aromatic nitrogens is 3. The topological polar surface area (TPSA) is 69.0 Å². The average molecular weight is 427 g/mol. The van der Waals surface area contributed by atoms with Crippen LogP contribution in [-0.4, -0.2) is 40.8 Å². The van der Waals surface area contributed by atoms with Crippen LogP contribution in [0.15, 0.2) is 49.7 Å². The monoisotopic (exact) mass is 426 g/mol. The molecule has 0 saturated heterocycles. The third kappa shape index (κ3) is 4.16. The number of halogens is 1. The van der Waals surface area contributed by atoms with Crippen molar-refractivity contribution < 1.29 is 14.3 Å². The van der Waals surface area contributed by atoms with Gasteiger partial charge in [-0.25, -0.2) is 9.78 Å². The fourth-order valence-electron chi connectivity index (χ4n) is 3.13. The van der Waals surface area contributed by atoms with Gasteiger partial charge in [-0.1, -0.05) is 42.5 Å². The third-order valence-electron chi connectivity index (χ3n) is 4.49. The maximum absolute atomic E-state index is 12.3. The molecule has 3 rings (SSSR count). The van der Waals surface area contributed by atoms with Crippen LogP contribution in [0.25, 0.3) is 11.7 Å². The van der Waals surface area contributed by atoms with Gasteiger partial charge in [0, 0.05) is 13.1 Å². The maximum atomic E-state index is 12.3. The highest BCUT2D eigenvalue weighted by Gasteiger charge is 2.23. The maximum Gasteiger partial charge on any atom is 0.343 e. The molecule has 0 amide bonds. The number of rotatable bonds is 9. The van der Waals surface area contributed by atoms with Gasteiger partial charge in [0.25, 0.3) is 0 Å². The van der Waals surface area contributed by atoms with Crippen LogP contribution in [0.5, 0.6) is 5.75 Å². The van der Waals surface area contributed by atoms with Gasteiger partial charge in [-0.3, -0.25) is 0 Å². The minimum Gasteiger partial charge on any atom is -0.497 e. The molecule has 156 valence electrons. The van der Waals surface area contributed by atoms with E-state index in [-0.39, 0.29) is 17.3 Å². The van der Waals surface area contributed by atoms with E-state index < -0.39 is 5.97 Å². The van der Waals surface area contributed by atoms with Crippen LogP contribution in [-0.2, 0) is 11.3 Å². The first-order chi connectivity index (χ1) is 14.5. The zero-order chi connectivity index (χ0) is 21.7. The van der Waals surface area contributed by atoms with E-state index in [1.54, 1.807) is 30.7 Å². The number of ether oxygens (including phenoxy) is 2. The number of benzene rings is 1. The fourth-order valence-corrected chi connectivity index (χ4v) is 3.37. The molecule has 0 aliphatic rings. The number of methoxy groups -OCH3 is 1. The second-order valence-electron chi connectivity index (χ2n) is 6.38. The smallest absolute Gasteiger partial charge is 0.343 e. The van der Waals surface area contributed by atoms with Crippen molar-refractivity contribution in [2.75, 3.05) is 25.2 Å². The SMILES string of the molecule is C=CCN(Cc1ccc(OC)cc1)c1c(C=C)c(Cl)nc2c(C(=O)OCC)cnn12. The molecule has 3 aromatic rings. The predicted octanol–water partition coefficient (Wildman–Crippen LogP) is 4.40. The Hall–Kier alpha value is -3.32. The Bertz CT molecular complexity index is 1080. The second kappa shape index (κ2) is 9.45. The Labute approximate surface area is 180 Å². The van der Waals surface area contributed by atoms with Crippen molar-refractivity contribution in [1.29, 1.82) is 0 Å². The molecule has 30 heavy (non-hydrogen) atoms. The fraction of sp³-hybridized carbons (Fsp3) is 0.227. The Morgan fingerprint density at radius 1 is 1.30 bits per heavy atom. The lowest BCUT2D eigenvalue weighted by molar-refractivity contribution is 0.0528. The van der Waals surface area contributed by atoms with Crippen molar-refractivity contribution in [3.05, 3.63) is 71.5 Å². The summed E-state index contributed by atoms with van der Waals surface area (Å²) < 4.78 is 11.9. The van der Waals surface area contributed by atoms with E-state index in [1.165, 1.54) is 6.20 Å². The summed E-state index contributed by atoms with van der Waals surface area (Å²) in [5.74, 6) is 0.936. The van der Waals surface area contributed by atoms with Gasteiger partial charge >= 0.3 is 5.97 Å². The molecule has 0 N–H and O–H groups in total. The van der Waals surface area contributed by atoms with Crippen molar-refractivity contribution >= 4 is 35.1 Å². The summed E-state index contributed by atoms with van der Waals surface area (Å²) in [6, 6.07) is 7.76. The zero-order valence-corrected chi connectivity index (χ0v) is 17.7.